The summed E-state index contributed by atoms with van der Waals surface area (Å²) >= 11 is 2.04. The molecule has 100 valence electrons. The Bertz CT molecular complexity index is 417. The van der Waals surface area contributed by atoms with Gasteiger partial charge in [0.2, 0.25) is 0 Å². The van der Waals surface area contributed by atoms with Crippen molar-refractivity contribution >= 4 is 17.6 Å². The normalized spacial score (nSPS) is 23.7. The van der Waals surface area contributed by atoms with E-state index in [0.29, 0.717) is 11.8 Å². The van der Waals surface area contributed by atoms with E-state index in [-0.39, 0.29) is 0 Å². The number of anilines is 1. The van der Waals surface area contributed by atoms with E-state index in [9.17, 15) is 0 Å². The summed E-state index contributed by atoms with van der Waals surface area (Å²) in [6.07, 6.45) is 6.29. The summed E-state index contributed by atoms with van der Waals surface area (Å²) in [5.74, 6) is 6.04. The molecule has 1 aliphatic carbocycles. The molecule has 3 rings (SSSR count). The molecule has 0 spiro atoms. The zero-order valence-electron chi connectivity index (χ0n) is 11.2. The van der Waals surface area contributed by atoms with E-state index in [4.69, 9.17) is 10.7 Å². The minimum Gasteiger partial charge on any atom is -0.384 e. The Hall–Kier alpha value is -0.640. The van der Waals surface area contributed by atoms with Crippen LogP contribution in [0.4, 0.5) is 5.82 Å². The van der Waals surface area contributed by atoms with E-state index in [0.717, 1.165) is 12.4 Å². The molecule has 4 heteroatoms. The molecule has 0 aromatic carbocycles. The fourth-order valence-corrected chi connectivity index (χ4v) is 3.98. The van der Waals surface area contributed by atoms with Gasteiger partial charge in [0.05, 0.1) is 5.69 Å². The first kappa shape index (κ1) is 12.4. The standard InChI is InChI=1S/C14H23N3S/c1-2-3-7-17-13(15)12(11-6-8-18-9-11)16-14(17)10-4-5-10/h10-11H,2-9,15H2,1H3. The lowest BCUT2D eigenvalue weighted by Gasteiger charge is -2.09. The molecular formula is C14H23N3S. The van der Waals surface area contributed by atoms with Crippen LogP contribution in [0.3, 0.4) is 0 Å². The van der Waals surface area contributed by atoms with Crippen LogP contribution in [0.1, 0.15) is 62.4 Å². The molecule has 2 N–H and O–H groups in total. The second-order valence-corrected chi connectivity index (χ2v) is 6.73. The number of nitrogen functional groups attached to an aromatic ring is 1. The predicted octanol–water partition coefficient (Wildman–Crippen LogP) is 3.36. The Morgan fingerprint density at radius 2 is 2.17 bits per heavy atom. The molecule has 2 heterocycles. The zero-order valence-corrected chi connectivity index (χ0v) is 12.0. The number of imidazole rings is 1. The Kier molecular flexibility index (Phi) is 3.55. The Morgan fingerprint density at radius 1 is 1.33 bits per heavy atom. The quantitative estimate of drug-likeness (QED) is 0.887. The van der Waals surface area contributed by atoms with Crippen molar-refractivity contribution in [3.8, 4) is 0 Å². The lowest BCUT2D eigenvalue weighted by Crippen LogP contribution is -2.08. The fourth-order valence-electron chi connectivity index (χ4n) is 2.76. The maximum atomic E-state index is 6.38. The molecule has 2 fully saturated rings. The number of thioether (sulfide) groups is 1. The summed E-state index contributed by atoms with van der Waals surface area (Å²) in [4.78, 5) is 4.93. The molecule has 1 atom stereocenters. The van der Waals surface area contributed by atoms with Gasteiger partial charge in [-0.1, -0.05) is 13.3 Å². The monoisotopic (exact) mass is 265 g/mol. The summed E-state index contributed by atoms with van der Waals surface area (Å²) in [6, 6.07) is 0. The van der Waals surface area contributed by atoms with Crippen molar-refractivity contribution in [2.75, 3.05) is 17.2 Å². The highest BCUT2D eigenvalue weighted by atomic mass is 32.2. The Labute approximate surface area is 114 Å². The van der Waals surface area contributed by atoms with Crippen LogP contribution in [0.5, 0.6) is 0 Å². The number of hydrogen-bond donors (Lipinski definition) is 1. The number of hydrogen-bond acceptors (Lipinski definition) is 3. The van der Waals surface area contributed by atoms with Crippen LogP contribution >= 0.6 is 11.8 Å². The lowest BCUT2D eigenvalue weighted by atomic mass is 10.1. The fraction of sp³-hybridized carbons (Fsp3) is 0.786. The maximum Gasteiger partial charge on any atom is 0.127 e. The third-order valence-electron chi connectivity index (χ3n) is 4.06. The summed E-state index contributed by atoms with van der Waals surface area (Å²) in [5.41, 5.74) is 7.59. The van der Waals surface area contributed by atoms with Gasteiger partial charge in [-0.2, -0.15) is 11.8 Å². The van der Waals surface area contributed by atoms with Crippen molar-refractivity contribution in [1.29, 1.82) is 0 Å². The van der Waals surface area contributed by atoms with Gasteiger partial charge in [-0.25, -0.2) is 4.98 Å². The SMILES string of the molecule is CCCCn1c(C2CC2)nc(C2CCSC2)c1N. The predicted molar refractivity (Wildman–Crippen MR) is 78.2 cm³/mol. The third-order valence-corrected chi connectivity index (χ3v) is 5.22. The number of nitrogens with zero attached hydrogens (tertiary/aromatic N) is 2. The van der Waals surface area contributed by atoms with Crippen LogP contribution in [-0.4, -0.2) is 21.1 Å². The molecule has 1 saturated carbocycles. The van der Waals surface area contributed by atoms with Crippen molar-refractivity contribution in [2.24, 2.45) is 0 Å². The van der Waals surface area contributed by atoms with Gasteiger partial charge >= 0.3 is 0 Å². The van der Waals surface area contributed by atoms with E-state index < -0.39 is 0 Å². The Balaban J connectivity index is 1.89. The molecule has 3 nitrogen and oxygen atoms in total. The molecule has 0 bridgehead atoms. The molecule has 1 aromatic rings. The van der Waals surface area contributed by atoms with Gasteiger partial charge in [0.15, 0.2) is 0 Å². The van der Waals surface area contributed by atoms with Crippen LogP contribution < -0.4 is 5.73 Å². The lowest BCUT2D eigenvalue weighted by molar-refractivity contribution is 0.609. The number of unbranched alkanes of at least 4 members (excludes halogenated alkanes) is 1. The molecule has 0 radical (unpaired) electrons. The zero-order chi connectivity index (χ0) is 12.5. The molecular weight excluding hydrogens is 242 g/mol. The van der Waals surface area contributed by atoms with Crippen molar-refractivity contribution in [1.82, 2.24) is 9.55 Å². The van der Waals surface area contributed by atoms with Gasteiger partial charge in [0, 0.05) is 24.1 Å². The first-order valence-corrected chi connectivity index (χ1v) is 8.40. The summed E-state index contributed by atoms with van der Waals surface area (Å²) in [7, 11) is 0. The summed E-state index contributed by atoms with van der Waals surface area (Å²) in [5, 5.41) is 0. The molecule has 0 amide bonds. The second kappa shape index (κ2) is 5.16. The molecule has 2 aliphatic rings. The first-order valence-electron chi connectivity index (χ1n) is 7.24. The highest BCUT2D eigenvalue weighted by Crippen LogP contribution is 2.43. The van der Waals surface area contributed by atoms with Crippen LogP contribution in [0.2, 0.25) is 0 Å². The molecule has 1 unspecified atom stereocenters. The van der Waals surface area contributed by atoms with Crippen LogP contribution in [0.15, 0.2) is 0 Å². The van der Waals surface area contributed by atoms with E-state index >= 15 is 0 Å². The van der Waals surface area contributed by atoms with Gasteiger partial charge in [-0.15, -0.1) is 0 Å². The largest absolute Gasteiger partial charge is 0.384 e. The van der Waals surface area contributed by atoms with Crippen molar-refractivity contribution < 1.29 is 0 Å². The van der Waals surface area contributed by atoms with Gasteiger partial charge in [-0.05, 0) is 31.4 Å². The molecule has 1 saturated heterocycles. The highest BCUT2D eigenvalue weighted by molar-refractivity contribution is 7.99. The maximum absolute atomic E-state index is 6.38. The number of nitrogens with two attached hydrogens (primary N) is 1. The van der Waals surface area contributed by atoms with E-state index in [1.807, 2.05) is 11.8 Å². The average Bonchev–Trinajstić information content (AvgIpc) is 2.97. The van der Waals surface area contributed by atoms with Gasteiger partial charge in [0.25, 0.3) is 0 Å². The second-order valence-electron chi connectivity index (χ2n) is 5.58. The molecule has 1 aromatic heterocycles. The first-order chi connectivity index (χ1) is 8.81. The average molecular weight is 265 g/mol. The summed E-state index contributed by atoms with van der Waals surface area (Å²) in [6.45, 7) is 3.29. The van der Waals surface area contributed by atoms with E-state index in [1.165, 1.54) is 55.1 Å². The van der Waals surface area contributed by atoms with E-state index in [2.05, 4.69) is 11.5 Å². The topological polar surface area (TPSA) is 43.8 Å². The van der Waals surface area contributed by atoms with Gasteiger partial charge in [0.1, 0.15) is 11.6 Å². The smallest absolute Gasteiger partial charge is 0.127 e. The highest BCUT2D eigenvalue weighted by Gasteiger charge is 2.32. The van der Waals surface area contributed by atoms with Crippen LogP contribution in [0.25, 0.3) is 0 Å². The van der Waals surface area contributed by atoms with Crippen molar-refractivity contribution in [3.05, 3.63) is 11.5 Å². The minimum absolute atomic E-state index is 0.607. The van der Waals surface area contributed by atoms with Crippen molar-refractivity contribution in [3.63, 3.8) is 0 Å². The number of rotatable bonds is 5. The van der Waals surface area contributed by atoms with Crippen molar-refractivity contribution in [2.45, 2.75) is 57.4 Å². The molecule has 1 aliphatic heterocycles. The summed E-state index contributed by atoms with van der Waals surface area (Å²) < 4.78 is 2.32. The number of aromatic nitrogens is 2. The Morgan fingerprint density at radius 3 is 2.78 bits per heavy atom. The minimum atomic E-state index is 0.607. The van der Waals surface area contributed by atoms with Crippen LogP contribution in [-0.2, 0) is 6.54 Å². The van der Waals surface area contributed by atoms with E-state index in [1.54, 1.807) is 0 Å². The van der Waals surface area contributed by atoms with Crippen LogP contribution in [0, 0.1) is 0 Å². The van der Waals surface area contributed by atoms with Gasteiger partial charge in [-0.3, -0.25) is 0 Å². The van der Waals surface area contributed by atoms with Gasteiger partial charge < -0.3 is 10.3 Å². The molecule has 18 heavy (non-hydrogen) atoms. The third kappa shape index (κ3) is 2.27.